The van der Waals surface area contributed by atoms with E-state index in [2.05, 4.69) is 12.2 Å². The minimum atomic E-state index is -1.14. The van der Waals surface area contributed by atoms with Gasteiger partial charge in [0.2, 0.25) is 0 Å². The van der Waals surface area contributed by atoms with Crippen molar-refractivity contribution in [1.82, 2.24) is 5.32 Å². The molecule has 0 heterocycles. The van der Waals surface area contributed by atoms with Crippen LogP contribution in [0.5, 0.6) is 11.5 Å². The van der Waals surface area contributed by atoms with Crippen LogP contribution in [-0.2, 0) is 9.53 Å². The van der Waals surface area contributed by atoms with Crippen LogP contribution in [0.1, 0.15) is 63.7 Å². The number of unbranched alkanes of at least 4 members (excludes halogenated alkanes) is 2. The summed E-state index contributed by atoms with van der Waals surface area (Å²) in [5, 5.41) is 11.6. The van der Waals surface area contributed by atoms with Crippen molar-refractivity contribution >= 4 is 18.0 Å². The molecule has 0 spiro atoms. The Morgan fingerprint density at radius 1 is 1.11 bits per heavy atom. The second kappa shape index (κ2) is 11.2. The molecule has 0 bridgehead atoms. The molecule has 28 heavy (non-hydrogen) atoms. The predicted molar refractivity (Wildman–Crippen MR) is 103 cm³/mol. The molecule has 1 amide bonds. The van der Waals surface area contributed by atoms with Gasteiger partial charge < -0.3 is 24.6 Å². The number of ether oxygens (including phenoxy) is 3. The van der Waals surface area contributed by atoms with Crippen molar-refractivity contribution in [1.29, 1.82) is 0 Å². The lowest BCUT2D eigenvalue weighted by molar-refractivity contribution is -0.134. The molecular formula is C20H29NO7. The molecule has 0 aromatic heterocycles. The van der Waals surface area contributed by atoms with Crippen molar-refractivity contribution in [2.75, 3.05) is 13.2 Å². The van der Waals surface area contributed by atoms with Crippen LogP contribution < -0.4 is 14.8 Å². The molecule has 1 aromatic carbocycles. The Kier molecular flexibility index (Phi) is 9.27. The summed E-state index contributed by atoms with van der Waals surface area (Å²) < 4.78 is 15.9. The van der Waals surface area contributed by atoms with Gasteiger partial charge in [-0.15, -0.1) is 0 Å². The molecule has 2 N–H and O–H groups in total. The van der Waals surface area contributed by atoms with E-state index >= 15 is 0 Å². The van der Waals surface area contributed by atoms with E-state index in [9.17, 15) is 14.4 Å². The van der Waals surface area contributed by atoms with E-state index < -0.39 is 23.6 Å². The van der Waals surface area contributed by atoms with Gasteiger partial charge in [0.05, 0.1) is 18.6 Å². The second-order valence-electron chi connectivity index (χ2n) is 7.17. The van der Waals surface area contributed by atoms with E-state index in [0.717, 1.165) is 19.3 Å². The van der Waals surface area contributed by atoms with Gasteiger partial charge in [-0.2, -0.15) is 0 Å². The molecule has 0 aliphatic rings. The van der Waals surface area contributed by atoms with E-state index in [-0.39, 0.29) is 24.3 Å². The van der Waals surface area contributed by atoms with Crippen LogP contribution in [0.15, 0.2) is 18.2 Å². The summed E-state index contributed by atoms with van der Waals surface area (Å²) in [6.45, 7) is 7.74. The number of carboxylic acid groups (broad SMARTS) is 1. The number of benzene rings is 1. The minimum absolute atomic E-state index is 0.0180. The number of nitrogens with one attached hydrogen (secondary N) is 1. The average Bonchev–Trinajstić information content (AvgIpc) is 2.58. The van der Waals surface area contributed by atoms with Gasteiger partial charge >= 0.3 is 18.0 Å². The second-order valence-corrected chi connectivity index (χ2v) is 7.17. The molecule has 8 nitrogen and oxygen atoms in total. The maximum Gasteiger partial charge on any atom is 0.407 e. The van der Waals surface area contributed by atoms with Gasteiger partial charge in [0.1, 0.15) is 5.60 Å². The lowest BCUT2D eigenvalue weighted by atomic mass is 10.2. The molecule has 8 heteroatoms. The Morgan fingerprint density at radius 3 is 2.43 bits per heavy atom. The highest BCUT2D eigenvalue weighted by atomic mass is 16.6. The SMILES string of the molecule is CCCCCOc1ccc(C(=O)O)cc1OC(=O)CCNC(=O)OC(C)(C)C. The highest BCUT2D eigenvalue weighted by molar-refractivity contribution is 5.89. The Bertz CT molecular complexity index is 680. The molecule has 1 aromatic rings. The van der Waals surface area contributed by atoms with Gasteiger partial charge in [0, 0.05) is 6.54 Å². The zero-order valence-corrected chi connectivity index (χ0v) is 16.9. The first-order valence-corrected chi connectivity index (χ1v) is 9.30. The summed E-state index contributed by atoms with van der Waals surface area (Å²) >= 11 is 0. The highest BCUT2D eigenvalue weighted by Gasteiger charge is 2.17. The Hall–Kier alpha value is -2.77. The summed E-state index contributed by atoms with van der Waals surface area (Å²) in [4.78, 5) is 34.8. The number of carbonyl (C=O) groups excluding carboxylic acids is 2. The smallest absolute Gasteiger partial charge is 0.407 e. The van der Waals surface area contributed by atoms with Gasteiger partial charge in [-0.1, -0.05) is 19.8 Å². The standard InChI is InChI=1S/C20H29NO7/c1-5-6-7-12-26-15-9-8-14(18(23)24)13-16(15)27-17(22)10-11-21-19(25)28-20(2,3)4/h8-9,13H,5-7,10-12H2,1-4H3,(H,21,25)(H,23,24). The van der Waals surface area contributed by atoms with Gasteiger partial charge in [0.15, 0.2) is 11.5 Å². The molecule has 1 rings (SSSR count). The van der Waals surface area contributed by atoms with E-state index in [1.54, 1.807) is 20.8 Å². The predicted octanol–water partition coefficient (Wildman–Crippen LogP) is 3.77. The molecule has 0 aliphatic carbocycles. The Balaban J connectivity index is 2.65. The van der Waals surface area contributed by atoms with Crippen LogP contribution >= 0.6 is 0 Å². The van der Waals surface area contributed by atoms with E-state index in [4.69, 9.17) is 19.3 Å². The van der Waals surface area contributed by atoms with Crippen LogP contribution in [0, 0.1) is 0 Å². The zero-order valence-electron chi connectivity index (χ0n) is 16.9. The van der Waals surface area contributed by atoms with Crippen molar-refractivity contribution in [3.63, 3.8) is 0 Å². The molecule has 0 atom stereocenters. The van der Waals surface area contributed by atoms with Crippen LogP contribution in [0.2, 0.25) is 0 Å². The number of hydrogen-bond acceptors (Lipinski definition) is 6. The summed E-state index contributed by atoms with van der Waals surface area (Å²) in [5.74, 6) is -1.42. The zero-order chi connectivity index (χ0) is 21.2. The first kappa shape index (κ1) is 23.3. The first-order chi connectivity index (χ1) is 13.1. The Labute approximate surface area is 165 Å². The number of aromatic carboxylic acids is 1. The number of carboxylic acids is 1. The monoisotopic (exact) mass is 395 g/mol. The van der Waals surface area contributed by atoms with Crippen LogP contribution in [0.4, 0.5) is 4.79 Å². The number of amides is 1. The lowest BCUT2D eigenvalue weighted by Gasteiger charge is -2.19. The summed E-state index contributed by atoms with van der Waals surface area (Å²) in [7, 11) is 0. The molecule has 0 fully saturated rings. The van der Waals surface area contributed by atoms with Gasteiger partial charge in [-0.05, 0) is 45.4 Å². The summed E-state index contributed by atoms with van der Waals surface area (Å²) in [5.41, 5.74) is -0.651. The average molecular weight is 395 g/mol. The van der Waals surface area contributed by atoms with Gasteiger partial charge in [-0.25, -0.2) is 9.59 Å². The van der Waals surface area contributed by atoms with Crippen LogP contribution in [-0.4, -0.2) is 41.9 Å². The van der Waals surface area contributed by atoms with E-state index in [1.807, 2.05) is 0 Å². The topological polar surface area (TPSA) is 111 Å². The van der Waals surface area contributed by atoms with E-state index in [0.29, 0.717) is 12.4 Å². The van der Waals surface area contributed by atoms with Crippen LogP contribution in [0.3, 0.4) is 0 Å². The molecule has 156 valence electrons. The molecule has 0 saturated carbocycles. The molecule has 0 saturated heterocycles. The maximum absolute atomic E-state index is 12.1. The van der Waals surface area contributed by atoms with Crippen molar-refractivity contribution in [3.8, 4) is 11.5 Å². The number of esters is 1. The maximum atomic E-state index is 12.1. The lowest BCUT2D eigenvalue weighted by Crippen LogP contribution is -2.34. The molecular weight excluding hydrogens is 366 g/mol. The fourth-order valence-corrected chi connectivity index (χ4v) is 2.13. The van der Waals surface area contributed by atoms with Gasteiger partial charge in [0.25, 0.3) is 0 Å². The molecule has 0 unspecified atom stereocenters. The van der Waals surface area contributed by atoms with Crippen molar-refractivity contribution in [2.24, 2.45) is 0 Å². The Morgan fingerprint density at radius 2 is 1.82 bits per heavy atom. The first-order valence-electron chi connectivity index (χ1n) is 9.30. The third kappa shape index (κ3) is 9.25. The van der Waals surface area contributed by atoms with Crippen molar-refractivity contribution in [2.45, 2.75) is 59.0 Å². The largest absolute Gasteiger partial charge is 0.490 e. The quantitative estimate of drug-likeness (QED) is 0.352. The van der Waals surface area contributed by atoms with Gasteiger partial charge in [-0.3, -0.25) is 4.79 Å². The highest BCUT2D eigenvalue weighted by Crippen LogP contribution is 2.29. The number of alkyl carbamates (subject to hydrolysis) is 1. The third-order valence-corrected chi connectivity index (χ3v) is 3.42. The minimum Gasteiger partial charge on any atom is -0.490 e. The number of carbonyl (C=O) groups is 3. The van der Waals surface area contributed by atoms with Crippen molar-refractivity contribution in [3.05, 3.63) is 23.8 Å². The fraction of sp³-hybridized carbons (Fsp3) is 0.550. The van der Waals surface area contributed by atoms with Crippen LogP contribution in [0.25, 0.3) is 0 Å². The number of hydrogen-bond donors (Lipinski definition) is 2. The van der Waals surface area contributed by atoms with E-state index in [1.165, 1.54) is 18.2 Å². The number of rotatable bonds is 10. The normalized spacial score (nSPS) is 10.9. The molecule has 0 radical (unpaired) electrons. The van der Waals surface area contributed by atoms with Crippen molar-refractivity contribution < 1.29 is 33.7 Å². The summed E-state index contributed by atoms with van der Waals surface area (Å²) in [6.07, 6.45) is 2.14. The summed E-state index contributed by atoms with van der Waals surface area (Å²) in [6, 6.07) is 4.10. The molecule has 0 aliphatic heterocycles. The fourth-order valence-electron chi connectivity index (χ4n) is 2.13. The third-order valence-electron chi connectivity index (χ3n) is 3.42.